The van der Waals surface area contributed by atoms with Gasteiger partial charge in [0.1, 0.15) is 0 Å². The summed E-state index contributed by atoms with van der Waals surface area (Å²) in [7, 11) is 0. The summed E-state index contributed by atoms with van der Waals surface area (Å²) in [5.74, 6) is 0. The molecule has 3 rings (SSSR count). The third-order valence-corrected chi connectivity index (χ3v) is 4.39. The van der Waals surface area contributed by atoms with Crippen molar-refractivity contribution in [1.29, 1.82) is 0 Å². The van der Waals surface area contributed by atoms with E-state index in [1.165, 1.54) is 0 Å². The Bertz CT molecular complexity index is 648. The van der Waals surface area contributed by atoms with Gasteiger partial charge in [-0.1, -0.05) is 34.8 Å². The van der Waals surface area contributed by atoms with Crippen LogP contribution >= 0.6 is 34.8 Å². The molecule has 0 aliphatic carbocycles. The van der Waals surface area contributed by atoms with Gasteiger partial charge in [0, 0.05) is 21.4 Å². The number of carbonyl (C=O) groups is 1. The molecule has 1 aliphatic heterocycles. The van der Waals surface area contributed by atoms with E-state index in [1.54, 1.807) is 0 Å². The number of anilines is 2. The summed E-state index contributed by atoms with van der Waals surface area (Å²) < 4.78 is 0. The summed E-state index contributed by atoms with van der Waals surface area (Å²) in [6, 6.07) is 11.3. The molecule has 0 aromatic heterocycles. The van der Waals surface area contributed by atoms with Crippen molar-refractivity contribution >= 4 is 52.5 Å². The molecule has 0 N–H and O–H groups in total. The standard InChI is InChI=1S/C16H12Cl3NO/c17-12-3-5-14-10(7-12)1-2-11-8-13(18)4-6-15(11)20(14)16(19)9-21/h3-9,16H,1-2H2. The SMILES string of the molecule is O=CC(Cl)N1c2ccc(Cl)cc2CCc2cc(Cl)ccc21. The van der Waals surface area contributed by atoms with Crippen molar-refractivity contribution in [3.63, 3.8) is 0 Å². The number of hydrogen-bond acceptors (Lipinski definition) is 2. The van der Waals surface area contributed by atoms with Gasteiger partial charge in [0.25, 0.3) is 0 Å². The average molecular weight is 341 g/mol. The molecule has 0 fully saturated rings. The number of fused-ring (bicyclic) bond motifs is 2. The third kappa shape index (κ3) is 2.76. The molecule has 0 spiro atoms. The smallest absolute Gasteiger partial charge is 0.164 e. The first-order valence-corrected chi connectivity index (χ1v) is 7.75. The largest absolute Gasteiger partial charge is 0.318 e. The first-order valence-electron chi connectivity index (χ1n) is 6.55. The van der Waals surface area contributed by atoms with Crippen LogP contribution in [0.25, 0.3) is 0 Å². The average Bonchev–Trinajstić information content (AvgIpc) is 2.63. The zero-order valence-electron chi connectivity index (χ0n) is 11.0. The van der Waals surface area contributed by atoms with Crippen LogP contribution in [-0.4, -0.2) is 11.8 Å². The maximum atomic E-state index is 11.2. The molecular weight excluding hydrogens is 329 g/mol. The predicted octanol–water partition coefficient (Wildman–Crippen LogP) is 4.99. The summed E-state index contributed by atoms with van der Waals surface area (Å²) in [4.78, 5) is 13.1. The highest BCUT2D eigenvalue weighted by Gasteiger charge is 2.25. The highest BCUT2D eigenvalue weighted by atomic mass is 35.5. The number of nitrogens with zero attached hydrogens (tertiary/aromatic N) is 1. The number of benzene rings is 2. The van der Waals surface area contributed by atoms with Crippen LogP contribution in [0, 0.1) is 0 Å². The second kappa shape index (κ2) is 5.88. The number of rotatable bonds is 2. The van der Waals surface area contributed by atoms with E-state index in [4.69, 9.17) is 34.8 Å². The van der Waals surface area contributed by atoms with Crippen LogP contribution in [0.2, 0.25) is 10.0 Å². The van der Waals surface area contributed by atoms with Crippen LogP contribution in [0.1, 0.15) is 11.1 Å². The van der Waals surface area contributed by atoms with Crippen molar-refractivity contribution in [2.75, 3.05) is 4.90 Å². The Morgan fingerprint density at radius 1 is 0.952 bits per heavy atom. The van der Waals surface area contributed by atoms with Gasteiger partial charge in [0.05, 0.1) is 0 Å². The molecule has 2 nitrogen and oxygen atoms in total. The van der Waals surface area contributed by atoms with Crippen LogP contribution < -0.4 is 4.90 Å². The molecule has 1 unspecified atom stereocenters. The minimum absolute atomic E-state index is 0.676. The van der Waals surface area contributed by atoms with Gasteiger partial charge in [-0.05, 0) is 60.4 Å². The topological polar surface area (TPSA) is 20.3 Å². The number of halogens is 3. The van der Waals surface area contributed by atoms with Crippen LogP contribution in [0.5, 0.6) is 0 Å². The van der Waals surface area contributed by atoms with Crippen molar-refractivity contribution < 1.29 is 4.79 Å². The first-order chi connectivity index (χ1) is 10.1. The van der Waals surface area contributed by atoms with Crippen LogP contribution in [0.15, 0.2) is 36.4 Å². The molecule has 0 amide bonds. The van der Waals surface area contributed by atoms with Gasteiger partial charge in [0.15, 0.2) is 11.8 Å². The maximum Gasteiger partial charge on any atom is 0.164 e. The van der Waals surface area contributed by atoms with Crippen molar-refractivity contribution in [3.05, 3.63) is 57.6 Å². The fourth-order valence-electron chi connectivity index (χ4n) is 2.70. The Balaban J connectivity index is 2.22. The van der Waals surface area contributed by atoms with E-state index in [9.17, 15) is 4.79 Å². The van der Waals surface area contributed by atoms with E-state index in [2.05, 4.69) is 0 Å². The zero-order chi connectivity index (χ0) is 15.0. The van der Waals surface area contributed by atoms with Gasteiger partial charge in [-0.2, -0.15) is 0 Å². The molecule has 2 aromatic rings. The van der Waals surface area contributed by atoms with Crippen molar-refractivity contribution in [3.8, 4) is 0 Å². The first kappa shape index (κ1) is 14.7. The Morgan fingerprint density at radius 2 is 1.43 bits per heavy atom. The minimum Gasteiger partial charge on any atom is -0.318 e. The minimum atomic E-state index is -0.775. The summed E-state index contributed by atoms with van der Waals surface area (Å²) in [6.07, 6.45) is 2.37. The molecule has 2 aromatic carbocycles. The lowest BCUT2D eigenvalue weighted by atomic mass is 10.0. The molecule has 1 heterocycles. The second-order valence-electron chi connectivity index (χ2n) is 4.92. The van der Waals surface area contributed by atoms with Gasteiger partial charge < -0.3 is 4.90 Å². The fourth-order valence-corrected chi connectivity index (χ4v) is 3.30. The zero-order valence-corrected chi connectivity index (χ0v) is 13.3. The highest BCUT2D eigenvalue weighted by molar-refractivity contribution is 6.31. The van der Waals surface area contributed by atoms with Gasteiger partial charge in [0.2, 0.25) is 0 Å². The maximum absolute atomic E-state index is 11.2. The lowest BCUT2D eigenvalue weighted by Gasteiger charge is -2.28. The van der Waals surface area contributed by atoms with Crippen molar-refractivity contribution in [2.24, 2.45) is 0 Å². The Morgan fingerprint density at radius 3 is 1.86 bits per heavy atom. The Hall–Kier alpha value is -1.22. The molecule has 1 atom stereocenters. The number of aryl methyl sites for hydroxylation is 2. The Kier molecular flexibility index (Phi) is 4.12. The monoisotopic (exact) mass is 339 g/mol. The summed E-state index contributed by atoms with van der Waals surface area (Å²) in [5.41, 5.74) is 3.19. The number of alkyl halides is 1. The summed E-state index contributed by atoms with van der Waals surface area (Å²) >= 11 is 18.4. The molecule has 108 valence electrons. The Labute approximate surface area is 138 Å². The molecule has 1 aliphatic rings. The van der Waals surface area contributed by atoms with Crippen molar-refractivity contribution in [2.45, 2.75) is 18.3 Å². The third-order valence-electron chi connectivity index (χ3n) is 3.62. The predicted molar refractivity (Wildman–Crippen MR) is 88.2 cm³/mol. The molecule has 0 radical (unpaired) electrons. The quantitative estimate of drug-likeness (QED) is 0.436. The van der Waals surface area contributed by atoms with E-state index in [1.807, 2.05) is 41.3 Å². The van der Waals surface area contributed by atoms with Gasteiger partial charge in [-0.3, -0.25) is 4.79 Å². The number of hydrogen-bond donors (Lipinski definition) is 0. The van der Waals surface area contributed by atoms with Gasteiger partial charge in [-0.15, -0.1) is 0 Å². The summed E-state index contributed by atoms with van der Waals surface area (Å²) in [6.45, 7) is 0. The molecule has 21 heavy (non-hydrogen) atoms. The van der Waals surface area contributed by atoms with Gasteiger partial charge in [-0.25, -0.2) is 0 Å². The fraction of sp³-hybridized carbons (Fsp3) is 0.188. The summed E-state index contributed by atoms with van der Waals surface area (Å²) in [5, 5.41) is 1.35. The van der Waals surface area contributed by atoms with Crippen LogP contribution in [-0.2, 0) is 17.6 Å². The molecule has 0 saturated heterocycles. The van der Waals surface area contributed by atoms with Gasteiger partial charge >= 0.3 is 0 Å². The molecular formula is C16H12Cl3NO. The van der Waals surface area contributed by atoms with Crippen LogP contribution in [0.3, 0.4) is 0 Å². The number of aldehydes is 1. The highest BCUT2D eigenvalue weighted by Crippen LogP contribution is 2.39. The molecule has 0 bridgehead atoms. The molecule has 0 saturated carbocycles. The van der Waals surface area contributed by atoms with Crippen molar-refractivity contribution in [1.82, 2.24) is 0 Å². The van der Waals surface area contributed by atoms with E-state index in [0.29, 0.717) is 10.0 Å². The number of carbonyl (C=O) groups excluding carboxylic acids is 1. The van der Waals surface area contributed by atoms with E-state index in [0.717, 1.165) is 41.6 Å². The van der Waals surface area contributed by atoms with E-state index in [-0.39, 0.29) is 0 Å². The van der Waals surface area contributed by atoms with Crippen LogP contribution in [0.4, 0.5) is 11.4 Å². The lowest BCUT2D eigenvalue weighted by molar-refractivity contribution is -0.107. The lowest BCUT2D eigenvalue weighted by Crippen LogP contribution is -2.28. The second-order valence-corrected chi connectivity index (χ2v) is 6.24. The van der Waals surface area contributed by atoms with E-state index >= 15 is 0 Å². The normalized spacial score (nSPS) is 14.9. The molecule has 5 heteroatoms. The van der Waals surface area contributed by atoms with E-state index < -0.39 is 5.50 Å².